The van der Waals surface area contributed by atoms with Crippen LogP contribution < -0.4 is 5.32 Å². The average molecular weight is 229 g/mol. The van der Waals surface area contributed by atoms with Crippen molar-refractivity contribution in [3.63, 3.8) is 0 Å². The van der Waals surface area contributed by atoms with Gasteiger partial charge in [0.25, 0.3) is 0 Å². The van der Waals surface area contributed by atoms with Crippen LogP contribution in [-0.2, 0) is 16.0 Å². The molecule has 4 nitrogen and oxygen atoms in total. The van der Waals surface area contributed by atoms with Crippen molar-refractivity contribution in [2.24, 2.45) is 0 Å². The molecule has 0 fully saturated rings. The Hall–Kier alpha value is -2.10. The van der Waals surface area contributed by atoms with Crippen molar-refractivity contribution >= 4 is 23.1 Å². The van der Waals surface area contributed by atoms with E-state index in [0.717, 1.165) is 16.5 Å². The molecule has 2 aromatic rings. The van der Waals surface area contributed by atoms with E-state index in [1.165, 1.54) is 0 Å². The highest BCUT2D eigenvalue weighted by Gasteiger charge is 2.10. The molecule has 87 valence electrons. The van der Waals surface area contributed by atoms with E-state index < -0.39 is 6.04 Å². The maximum Gasteiger partial charge on any atom is 0.225 e. The molecule has 2 N–H and O–H groups in total. The fraction of sp³-hybridized carbons (Fsp3) is 0.231. The largest absolute Gasteiger partial charge is 0.361 e. The molecule has 0 spiro atoms. The number of H-pyrrole nitrogens is 1. The van der Waals surface area contributed by atoms with Crippen LogP contribution in [0.2, 0.25) is 0 Å². The lowest BCUT2D eigenvalue weighted by Gasteiger charge is -2.05. The van der Waals surface area contributed by atoms with Crippen LogP contribution in [-0.4, -0.2) is 23.2 Å². The summed E-state index contributed by atoms with van der Waals surface area (Å²) in [6.45, 7) is 1.60. The first kappa shape index (κ1) is 11.4. The van der Waals surface area contributed by atoms with Gasteiger partial charge in [-0.2, -0.15) is 0 Å². The molecule has 1 aromatic carbocycles. The highest BCUT2D eigenvalue weighted by atomic mass is 16.2. The Morgan fingerprint density at radius 1 is 1.47 bits per heavy atom. The van der Waals surface area contributed by atoms with Crippen LogP contribution in [0.1, 0.15) is 12.5 Å². The summed E-state index contributed by atoms with van der Waals surface area (Å²) in [4.78, 5) is 25.0. The molecular formula is C13H13N2O2. The Balaban J connectivity index is 2.13. The molecule has 4 heteroatoms. The van der Waals surface area contributed by atoms with Gasteiger partial charge in [0.2, 0.25) is 12.2 Å². The fourth-order valence-corrected chi connectivity index (χ4v) is 1.77. The lowest BCUT2D eigenvalue weighted by molar-refractivity contribution is -0.120. The number of benzene rings is 1. The molecule has 1 aromatic heterocycles. The van der Waals surface area contributed by atoms with Gasteiger partial charge in [0.05, 0.1) is 12.5 Å². The van der Waals surface area contributed by atoms with Crippen LogP contribution in [0.4, 0.5) is 0 Å². The number of fused-ring (bicyclic) bond motifs is 1. The second kappa shape index (κ2) is 4.82. The number of rotatable bonds is 4. The van der Waals surface area contributed by atoms with Crippen molar-refractivity contribution in [2.75, 3.05) is 0 Å². The number of carbonyl (C=O) groups is 1. The Kier molecular flexibility index (Phi) is 3.23. The van der Waals surface area contributed by atoms with Crippen molar-refractivity contribution in [1.82, 2.24) is 10.3 Å². The number of hydrogen-bond acceptors (Lipinski definition) is 2. The van der Waals surface area contributed by atoms with E-state index in [0.29, 0.717) is 0 Å². The lowest BCUT2D eigenvalue weighted by atomic mass is 10.1. The first-order chi connectivity index (χ1) is 8.20. The van der Waals surface area contributed by atoms with E-state index in [1.54, 1.807) is 13.2 Å². The van der Waals surface area contributed by atoms with Crippen molar-refractivity contribution in [1.29, 1.82) is 0 Å². The Labute approximate surface area is 99.0 Å². The number of nitrogens with one attached hydrogen (secondary N) is 2. The van der Waals surface area contributed by atoms with Gasteiger partial charge in [-0.3, -0.25) is 9.59 Å². The molecule has 1 radical (unpaired) electrons. The summed E-state index contributed by atoms with van der Waals surface area (Å²) >= 11 is 0. The Bertz CT molecular complexity index is 545. The van der Waals surface area contributed by atoms with Gasteiger partial charge in [0, 0.05) is 17.1 Å². The second-order valence-electron chi connectivity index (χ2n) is 3.94. The third kappa shape index (κ3) is 2.53. The quantitative estimate of drug-likeness (QED) is 0.830. The van der Waals surface area contributed by atoms with Gasteiger partial charge in [0.1, 0.15) is 0 Å². The number of amides is 1. The third-order valence-corrected chi connectivity index (χ3v) is 2.58. The van der Waals surface area contributed by atoms with Gasteiger partial charge in [-0.15, -0.1) is 0 Å². The summed E-state index contributed by atoms with van der Waals surface area (Å²) in [5.74, 6) is -0.175. The van der Waals surface area contributed by atoms with Crippen LogP contribution in [0.25, 0.3) is 10.9 Å². The summed E-state index contributed by atoms with van der Waals surface area (Å²) < 4.78 is 0. The second-order valence-corrected chi connectivity index (χ2v) is 3.94. The van der Waals surface area contributed by atoms with E-state index in [9.17, 15) is 9.59 Å². The van der Waals surface area contributed by atoms with E-state index in [2.05, 4.69) is 10.3 Å². The Morgan fingerprint density at radius 3 is 3.00 bits per heavy atom. The minimum Gasteiger partial charge on any atom is -0.361 e. The van der Waals surface area contributed by atoms with Crippen LogP contribution in [0.3, 0.4) is 0 Å². The van der Waals surface area contributed by atoms with Gasteiger partial charge < -0.3 is 10.3 Å². The predicted octanol–water partition coefficient (Wildman–Crippen LogP) is 1.32. The maximum absolute atomic E-state index is 11.6. The highest BCUT2D eigenvalue weighted by Crippen LogP contribution is 2.17. The normalized spacial score (nSPS) is 12.3. The molecule has 0 aliphatic rings. The smallest absolute Gasteiger partial charge is 0.225 e. The van der Waals surface area contributed by atoms with Gasteiger partial charge in [0.15, 0.2) is 0 Å². The SMILES string of the molecule is C[C@@H]([C]=O)NC(=O)Cc1c[nH]c2ccccc12. The molecule has 1 amide bonds. The van der Waals surface area contributed by atoms with Crippen molar-refractivity contribution in [3.8, 4) is 0 Å². The molecule has 1 heterocycles. The van der Waals surface area contributed by atoms with Gasteiger partial charge in [-0.05, 0) is 18.6 Å². The zero-order chi connectivity index (χ0) is 12.3. The molecule has 0 aliphatic heterocycles. The molecular weight excluding hydrogens is 216 g/mol. The monoisotopic (exact) mass is 229 g/mol. The van der Waals surface area contributed by atoms with Gasteiger partial charge >= 0.3 is 0 Å². The lowest BCUT2D eigenvalue weighted by Crippen LogP contribution is -2.34. The van der Waals surface area contributed by atoms with Crippen LogP contribution >= 0.6 is 0 Å². The number of hydrogen-bond donors (Lipinski definition) is 2. The molecule has 0 aliphatic carbocycles. The van der Waals surface area contributed by atoms with Crippen LogP contribution in [0.5, 0.6) is 0 Å². The first-order valence-corrected chi connectivity index (χ1v) is 5.42. The minimum atomic E-state index is -0.562. The van der Waals surface area contributed by atoms with Gasteiger partial charge in [-0.25, -0.2) is 0 Å². The average Bonchev–Trinajstić information content (AvgIpc) is 2.72. The van der Waals surface area contributed by atoms with Crippen molar-refractivity contribution in [2.45, 2.75) is 19.4 Å². The number of aromatic amines is 1. The molecule has 0 saturated carbocycles. The fourth-order valence-electron chi connectivity index (χ4n) is 1.77. The molecule has 17 heavy (non-hydrogen) atoms. The molecule has 0 unspecified atom stereocenters. The first-order valence-electron chi connectivity index (χ1n) is 5.42. The summed E-state index contributed by atoms with van der Waals surface area (Å²) in [5.41, 5.74) is 1.93. The number of para-hydroxylation sites is 1. The highest BCUT2D eigenvalue weighted by molar-refractivity contribution is 5.89. The van der Waals surface area contributed by atoms with Crippen LogP contribution in [0, 0.1) is 0 Å². The molecule has 0 bridgehead atoms. The topological polar surface area (TPSA) is 62.0 Å². The van der Waals surface area contributed by atoms with E-state index >= 15 is 0 Å². The summed E-state index contributed by atoms with van der Waals surface area (Å²) in [6, 6.07) is 7.22. The van der Waals surface area contributed by atoms with E-state index in [1.807, 2.05) is 30.5 Å². The predicted molar refractivity (Wildman–Crippen MR) is 65.3 cm³/mol. The Morgan fingerprint density at radius 2 is 2.24 bits per heavy atom. The van der Waals surface area contributed by atoms with E-state index in [4.69, 9.17) is 0 Å². The zero-order valence-corrected chi connectivity index (χ0v) is 9.49. The third-order valence-electron chi connectivity index (χ3n) is 2.58. The van der Waals surface area contributed by atoms with E-state index in [-0.39, 0.29) is 12.3 Å². The zero-order valence-electron chi connectivity index (χ0n) is 9.49. The van der Waals surface area contributed by atoms with Crippen molar-refractivity contribution in [3.05, 3.63) is 36.0 Å². The number of aromatic nitrogens is 1. The minimum absolute atomic E-state index is 0.175. The summed E-state index contributed by atoms with van der Waals surface area (Å²) in [6.07, 6.45) is 3.80. The molecule has 1 atom stereocenters. The van der Waals surface area contributed by atoms with Crippen molar-refractivity contribution < 1.29 is 9.59 Å². The molecule has 2 rings (SSSR count). The molecule has 0 saturated heterocycles. The standard InChI is InChI=1S/C13H13N2O2/c1-9(8-16)15-13(17)6-10-7-14-12-5-3-2-4-11(10)12/h2-5,7,9,14H,6H2,1H3,(H,15,17)/t9-/m0/s1. The number of carbonyl (C=O) groups excluding carboxylic acids is 2. The van der Waals surface area contributed by atoms with Gasteiger partial charge in [-0.1, -0.05) is 18.2 Å². The summed E-state index contributed by atoms with van der Waals surface area (Å²) in [5, 5.41) is 3.59. The maximum atomic E-state index is 11.6. The van der Waals surface area contributed by atoms with Crippen LogP contribution in [0.15, 0.2) is 30.5 Å². The summed E-state index contributed by atoms with van der Waals surface area (Å²) in [7, 11) is 0.